The molecule has 0 saturated carbocycles. The predicted molar refractivity (Wildman–Crippen MR) is 96.0 cm³/mol. The average molecular weight is 357 g/mol. The van der Waals surface area contributed by atoms with Crippen molar-refractivity contribution in [3.8, 4) is 0 Å². The highest BCUT2D eigenvalue weighted by molar-refractivity contribution is 5.92. The molecule has 0 bridgehead atoms. The van der Waals surface area contributed by atoms with Crippen molar-refractivity contribution in [3.05, 3.63) is 42.0 Å². The van der Waals surface area contributed by atoms with E-state index in [1.807, 2.05) is 13.8 Å². The molecule has 0 atom stereocenters. The molecule has 26 heavy (non-hydrogen) atoms. The van der Waals surface area contributed by atoms with Crippen molar-refractivity contribution in [3.63, 3.8) is 0 Å². The van der Waals surface area contributed by atoms with Crippen LogP contribution in [0.25, 0.3) is 0 Å². The highest BCUT2D eigenvalue weighted by atomic mass is 16.3. The van der Waals surface area contributed by atoms with E-state index in [0.717, 1.165) is 0 Å². The van der Waals surface area contributed by atoms with E-state index >= 15 is 0 Å². The van der Waals surface area contributed by atoms with Gasteiger partial charge in [0.2, 0.25) is 0 Å². The number of piperazine rings is 1. The highest BCUT2D eigenvalue weighted by Gasteiger charge is 2.24. The minimum Gasteiger partial charge on any atom is -0.459 e. The summed E-state index contributed by atoms with van der Waals surface area (Å²) in [7, 11) is 0. The Labute approximate surface area is 152 Å². The lowest BCUT2D eigenvalue weighted by Gasteiger charge is -2.34. The second kappa shape index (κ2) is 7.99. The molecule has 1 aliphatic rings. The smallest absolute Gasteiger partial charge is 0.289 e. The molecule has 0 aromatic carbocycles. The first-order chi connectivity index (χ1) is 12.5. The lowest BCUT2D eigenvalue weighted by molar-refractivity contribution is 0.0714. The summed E-state index contributed by atoms with van der Waals surface area (Å²) in [5.74, 6) is 1.13. The van der Waals surface area contributed by atoms with E-state index in [1.165, 1.54) is 6.26 Å². The maximum absolute atomic E-state index is 12.3. The van der Waals surface area contributed by atoms with Crippen LogP contribution in [0.15, 0.2) is 34.9 Å². The van der Waals surface area contributed by atoms with Crippen molar-refractivity contribution in [2.24, 2.45) is 5.92 Å². The number of rotatable bonds is 5. The van der Waals surface area contributed by atoms with Gasteiger partial charge in [-0.1, -0.05) is 13.8 Å². The van der Waals surface area contributed by atoms with Crippen LogP contribution in [0.4, 0.5) is 5.82 Å². The van der Waals surface area contributed by atoms with Crippen LogP contribution in [0.1, 0.15) is 34.9 Å². The van der Waals surface area contributed by atoms with Crippen LogP contribution in [0.3, 0.4) is 0 Å². The van der Waals surface area contributed by atoms with Gasteiger partial charge in [-0.2, -0.15) is 0 Å². The Hall–Kier alpha value is -2.90. The van der Waals surface area contributed by atoms with E-state index in [4.69, 9.17) is 4.42 Å². The molecule has 3 rings (SSSR count). The monoisotopic (exact) mass is 357 g/mol. The van der Waals surface area contributed by atoms with Crippen molar-refractivity contribution in [2.75, 3.05) is 37.6 Å². The summed E-state index contributed by atoms with van der Waals surface area (Å²) in [6.07, 6.45) is 1.50. The normalized spacial score (nSPS) is 14.6. The Bertz CT molecular complexity index is 735. The van der Waals surface area contributed by atoms with Crippen molar-refractivity contribution < 1.29 is 14.0 Å². The van der Waals surface area contributed by atoms with E-state index in [-0.39, 0.29) is 11.8 Å². The van der Waals surface area contributed by atoms with E-state index in [0.29, 0.717) is 55.9 Å². The van der Waals surface area contributed by atoms with E-state index < -0.39 is 0 Å². The van der Waals surface area contributed by atoms with Crippen LogP contribution >= 0.6 is 0 Å². The molecule has 1 aliphatic heterocycles. The van der Waals surface area contributed by atoms with E-state index in [2.05, 4.69) is 20.4 Å². The Balaban J connectivity index is 1.54. The number of amides is 2. The first kappa shape index (κ1) is 17.9. The van der Waals surface area contributed by atoms with Crippen LogP contribution in [0.5, 0.6) is 0 Å². The average Bonchev–Trinajstić information content (AvgIpc) is 3.20. The third-order valence-corrected chi connectivity index (χ3v) is 4.18. The molecule has 2 aromatic heterocycles. The third kappa shape index (κ3) is 4.19. The summed E-state index contributed by atoms with van der Waals surface area (Å²) in [5, 5.41) is 11.0. The first-order valence-corrected chi connectivity index (χ1v) is 8.74. The predicted octanol–water partition coefficient (Wildman–Crippen LogP) is 1.42. The number of hydrogen-bond donors (Lipinski definition) is 1. The molecule has 0 radical (unpaired) electrons. The van der Waals surface area contributed by atoms with Gasteiger partial charge in [0.25, 0.3) is 11.8 Å². The van der Waals surface area contributed by atoms with Gasteiger partial charge in [-0.15, -0.1) is 10.2 Å². The molecule has 138 valence electrons. The molecule has 8 nitrogen and oxygen atoms in total. The maximum Gasteiger partial charge on any atom is 0.289 e. The van der Waals surface area contributed by atoms with Gasteiger partial charge in [-0.25, -0.2) is 0 Å². The minimum atomic E-state index is -0.216. The van der Waals surface area contributed by atoms with E-state index in [9.17, 15) is 9.59 Å². The van der Waals surface area contributed by atoms with Crippen LogP contribution in [-0.4, -0.2) is 59.6 Å². The van der Waals surface area contributed by atoms with Gasteiger partial charge >= 0.3 is 0 Å². The maximum atomic E-state index is 12.3. The molecule has 2 aromatic rings. The summed E-state index contributed by atoms with van der Waals surface area (Å²) in [4.78, 5) is 28.1. The zero-order valence-electron chi connectivity index (χ0n) is 15.0. The zero-order chi connectivity index (χ0) is 18.5. The second-order valence-corrected chi connectivity index (χ2v) is 6.64. The summed E-state index contributed by atoms with van der Waals surface area (Å²) >= 11 is 0. The lowest BCUT2D eigenvalue weighted by Crippen LogP contribution is -2.49. The molecule has 8 heteroatoms. The molecule has 0 unspecified atom stereocenters. The second-order valence-electron chi connectivity index (χ2n) is 6.64. The number of aromatic nitrogens is 2. The largest absolute Gasteiger partial charge is 0.459 e. The number of hydrogen-bond acceptors (Lipinski definition) is 6. The molecular formula is C18H23N5O3. The van der Waals surface area contributed by atoms with Crippen molar-refractivity contribution in [2.45, 2.75) is 13.8 Å². The van der Waals surface area contributed by atoms with Gasteiger partial charge in [0.1, 0.15) is 0 Å². The number of anilines is 1. The summed E-state index contributed by atoms with van der Waals surface area (Å²) < 4.78 is 5.17. The molecule has 3 heterocycles. The molecule has 0 aliphatic carbocycles. The number of furan rings is 1. The number of nitrogens with zero attached hydrogens (tertiary/aromatic N) is 4. The third-order valence-electron chi connectivity index (χ3n) is 4.18. The SMILES string of the molecule is CC(C)CNC(=O)c1ccc(N2CCN(C(=O)c3ccco3)CC2)nn1. The highest BCUT2D eigenvalue weighted by Crippen LogP contribution is 2.15. The van der Waals surface area contributed by atoms with Gasteiger partial charge in [0, 0.05) is 32.7 Å². The Morgan fingerprint density at radius 1 is 1.15 bits per heavy atom. The van der Waals surface area contributed by atoms with Crippen LogP contribution in [-0.2, 0) is 0 Å². The van der Waals surface area contributed by atoms with Crippen molar-refractivity contribution in [1.29, 1.82) is 0 Å². The van der Waals surface area contributed by atoms with Crippen LogP contribution in [0.2, 0.25) is 0 Å². The van der Waals surface area contributed by atoms with Gasteiger partial charge in [0.15, 0.2) is 17.3 Å². The van der Waals surface area contributed by atoms with E-state index in [1.54, 1.807) is 29.2 Å². The van der Waals surface area contributed by atoms with Crippen molar-refractivity contribution in [1.82, 2.24) is 20.4 Å². The van der Waals surface area contributed by atoms with Gasteiger partial charge in [0.05, 0.1) is 6.26 Å². The quantitative estimate of drug-likeness (QED) is 0.870. The molecule has 0 spiro atoms. The van der Waals surface area contributed by atoms with Crippen molar-refractivity contribution >= 4 is 17.6 Å². The summed E-state index contributed by atoms with van der Waals surface area (Å²) in [6, 6.07) is 6.85. The Morgan fingerprint density at radius 2 is 1.92 bits per heavy atom. The summed E-state index contributed by atoms with van der Waals surface area (Å²) in [5.41, 5.74) is 0.307. The lowest BCUT2D eigenvalue weighted by atomic mass is 10.2. The standard InChI is InChI=1S/C18H23N5O3/c1-13(2)12-19-17(24)14-5-6-16(21-20-14)22-7-9-23(10-8-22)18(25)15-4-3-11-26-15/h3-6,11,13H,7-10,12H2,1-2H3,(H,19,24). The fourth-order valence-electron chi connectivity index (χ4n) is 2.70. The molecule has 1 N–H and O–H groups in total. The molecular weight excluding hydrogens is 334 g/mol. The number of carbonyl (C=O) groups is 2. The Kier molecular flexibility index (Phi) is 5.50. The summed E-state index contributed by atoms with van der Waals surface area (Å²) in [6.45, 7) is 7.14. The number of nitrogens with one attached hydrogen (secondary N) is 1. The fourth-order valence-corrected chi connectivity index (χ4v) is 2.70. The Morgan fingerprint density at radius 3 is 2.50 bits per heavy atom. The van der Waals surface area contributed by atoms with Gasteiger partial charge in [-0.3, -0.25) is 9.59 Å². The molecule has 1 saturated heterocycles. The van der Waals surface area contributed by atoms with Gasteiger partial charge in [-0.05, 0) is 30.2 Å². The first-order valence-electron chi connectivity index (χ1n) is 8.74. The zero-order valence-corrected chi connectivity index (χ0v) is 15.0. The minimum absolute atomic E-state index is 0.0992. The fraction of sp³-hybridized carbons (Fsp3) is 0.444. The van der Waals surface area contributed by atoms with Gasteiger partial charge < -0.3 is 19.5 Å². The molecule has 1 fully saturated rings. The molecule has 2 amide bonds. The topological polar surface area (TPSA) is 91.6 Å². The van der Waals surface area contributed by atoms with Crippen LogP contribution in [0, 0.1) is 5.92 Å². The van der Waals surface area contributed by atoms with Crippen LogP contribution < -0.4 is 10.2 Å². The number of carbonyl (C=O) groups excluding carboxylic acids is 2.